The maximum Gasteiger partial charge on any atom is 0.267 e. The molecule has 1 unspecified atom stereocenters. The molecule has 0 saturated carbocycles. The predicted molar refractivity (Wildman–Crippen MR) is 87.1 cm³/mol. The summed E-state index contributed by atoms with van der Waals surface area (Å²) in [6.07, 6.45) is 2.43. The maximum atomic E-state index is 12.7. The fourth-order valence-electron chi connectivity index (χ4n) is 3.24. The van der Waals surface area contributed by atoms with E-state index in [-0.39, 0.29) is 5.91 Å². The number of hydrogen-bond donors (Lipinski definition) is 0. The summed E-state index contributed by atoms with van der Waals surface area (Å²) in [5.74, 6) is 1.95. The Balaban J connectivity index is 1.63. The number of rotatable bonds is 4. The van der Waals surface area contributed by atoms with Crippen LogP contribution in [0.2, 0.25) is 0 Å². The number of hydrogen-bond acceptors (Lipinski definition) is 5. The first-order chi connectivity index (χ1) is 10.7. The first-order valence-electron chi connectivity index (χ1n) is 8.04. The van der Waals surface area contributed by atoms with Crippen LogP contribution in [0.4, 0.5) is 0 Å². The van der Waals surface area contributed by atoms with Crippen LogP contribution in [0.5, 0.6) is 11.5 Å². The van der Waals surface area contributed by atoms with Crippen molar-refractivity contribution >= 4 is 17.2 Å². The Kier molecular flexibility index (Phi) is 4.88. The topological polar surface area (TPSA) is 42.0 Å². The summed E-state index contributed by atoms with van der Waals surface area (Å²) in [5, 5.41) is 1.87. The molecule has 0 radical (unpaired) electrons. The normalized spacial score (nSPS) is 21.6. The van der Waals surface area contributed by atoms with Crippen LogP contribution in [-0.2, 0) is 0 Å². The van der Waals surface area contributed by atoms with Gasteiger partial charge >= 0.3 is 0 Å². The number of carbonyl (C=O) groups excluding carboxylic acids is 1. The minimum atomic E-state index is 0.0466. The van der Waals surface area contributed by atoms with E-state index in [4.69, 9.17) is 9.47 Å². The molecule has 2 aliphatic rings. The summed E-state index contributed by atoms with van der Waals surface area (Å²) in [5.41, 5.74) is 0. The number of piperidine rings is 1. The van der Waals surface area contributed by atoms with Crippen LogP contribution >= 0.6 is 11.3 Å². The van der Waals surface area contributed by atoms with Crippen molar-refractivity contribution < 1.29 is 14.3 Å². The Morgan fingerprint density at radius 2 is 2.27 bits per heavy atom. The summed E-state index contributed by atoms with van der Waals surface area (Å²) in [7, 11) is 1.89. The molecule has 0 bridgehead atoms. The third-order valence-corrected chi connectivity index (χ3v) is 5.35. The van der Waals surface area contributed by atoms with Crippen molar-refractivity contribution in [3.05, 3.63) is 10.3 Å². The highest BCUT2D eigenvalue weighted by molar-refractivity contribution is 7.12. The molecule has 1 aromatic heterocycles. The first-order valence-corrected chi connectivity index (χ1v) is 8.92. The largest absolute Gasteiger partial charge is 0.485 e. The minimum Gasteiger partial charge on any atom is -0.485 e. The first kappa shape index (κ1) is 15.6. The molecule has 6 heteroatoms. The Labute approximate surface area is 135 Å². The SMILES string of the molecule is CCN1CCCC(CN(C)C(=O)c2scc3c2OCCO3)C1. The molecular weight excluding hydrogens is 300 g/mol. The lowest BCUT2D eigenvalue weighted by Gasteiger charge is -2.34. The molecule has 2 aliphatic heterocycles. The number of likely N-dealkylation sites (tertiary alicyclic amines) is 1. The van der Waals surface area contributed by atoms with Gasteiger partial charge in [0.1, 0.15) is 18.1 Å². The fraction of sp³-hybridized carbons (Fsp3) is 0.688. The van der Waals surface area contributed by atoms with Gasteiger partial charge in [-0.25, -0.2) is 0 Å². The van der Waals surface area contributed by atoms with Crippen LogP contribution in [0.25, 0.3) is 0 Å². The standard InChI is InChI=1S/C16H24N2O3S/c1-3-18-6-4-5-12(10-18)9-17(2)16(19)15-14-13(11-22-15)20-7-8-21-14/h11-12H,3-10H2,1-2H3. The van der Waals surface area contributed by atoms with Gasteiger partial charge in [0.15, 0.2) is 11.5 Å². The average Bonchev–Trinajstić information content (AvgIpc) is 2.98. The molecule has 122 valence electrons. The van der Waals surface area contributed by atoms with Gasteiger partial charge < -0.3 is 19.3 Å². The fourth-order valence-corrected chi connectivity index (χ4v) is 4.16. The van der Waals surface area contributed by atoms with E-state index in [9.17, 15) is 4.79 Å². The molecule has 1 amide bonds. The molecule has 1 atom stereocenters. The van der Waals surface area contributed by atoms with E-state index in [1.54, 1.807) is 0 Å². The lowest BCUT2D eigenvalue weighted by atomic mass is 9.97. The third kappa shape index (κ3) is 3.22. The summed E-state index contributed by atoms with van der Waals surface area (Å²) in [4.78, 5) is 17.7. The summed E-state index contributed by atoms with van der Waals surface area (Å²) in [6.45, 7) is 7.46. The monoisotopic (exact) mass is 324 g/mol. The Hall–Kier alpha value is -1.27. The number of ether oxygens (including phenoxy) is 2. The third-order valence-electron chi connectivity index (χ3n) is 4.42. The molecule has 1 fully saturated rings. The maximum absolute atomic E-state index is 12.7. The van der Waals surface area contributed by atoms with Gasteiger partial charge in [-0.05, 0) is 31.8 Å². The highest BCUT2D eigenvalue weighted by atomic mass is 32.1. The van der Waals surface area contributed by atoms with Crippen LogP contribution in [0, 0.1) is 5.92 Å². The molecule has 0 aliphatic carbocycles. The van der Waals surface area contributed by atoms with E-state index in [0.29, 0.717) is 35.5 Å². The van der Waals surface area contributed by atoms with Crippen molar-refractivity contribution in [2.45, 2.75) is 19.8 Å². The zero-order chi connectivity index (χ0) is 15.5. The second-order valence-corrected chi connectivity index (χ2v) is 6.92. The van der Waals surface area contributed by atoms with Gasteiger partial charge in [-0.3, -0.25) is 4.79 Å². The highest BCUT2D eigenvalue weighted by Crippen LogP contribution is 2.39. The lowest BCUT2D eigenvalue weighted by molar-refractivity contribution is 0.0729. The van der Waals surface area contributed by atoms with Crippen LogP contribution < -0.4 is 9.47 Å². The predicted octanol–water partition coefficient (Wildman–Crippen LogP) is 2.32. The lowest BCUT2D eigenvalue weighted by Crippen LogP contribution is -2.41. The smallest absolute Gasteiger partial charge is 0.267 e. The van der Waals surface area contributed by atoms with E-state index in [1.165, 1.54) is 30.7 Å². The summed E-state index contributed by atoms with van der Waals surface area (Å²) < 4.78 is 11.1. The van der Waals surface area contributed by atoms with Crippen molar-refractivity contribution in [3.63, 3.8) is 0 Å². The van der Waals surface area contributed by atoms with Crippen LogP contribution in [0.1, 0.15) is 29.4 Å². The number of thiophene rings is 1. The van der Waals surface area contributed by atoms with Gasteiger partial charge in [0.2, 0.25) is 0 Å². The van der Waals surface area contributed by atoms with Gasteiger partial charge in [-0.2, -0.15) is 0 Å². The molecule has 5 nitrogen and oxygen atoms in total. The van der Waals surface area contributed by atoms with Gasteiger partial charge in [0.25, 0.3) is 5.91 Å². The summed E-state index contributed by atoms with van der Waals surface area (Å²) >= 11 is 1.42. The van der Waals surface area contributed by atoms with Gasteiger partial charge in [0, 0.05) is 25.5 Å². The highest BCUT2D eigenvalue weighted by Gasteiger charge is 2.27. The second kappa shape index (κ2) is 6.87. The van der Waals surface area contributed by atoms with Crippen LogP contribution in [0.3, 0.4) is 0 Å². The van der Waals surface area contributed by atoms with E-state index in [2.05, 4.69) is 11.8 Å². The van der Waals surface area contributed by atoms with Crippen molar-refractivity contribution in [2.75, 3.05) is 46.4 Å². The molecule has 1 aromatic rings. The Bertz CT molecular complexity index is 531. The van der Waals surface area contributed by atoms with Crippen molar-refractivity contribution in [3.8, 4) is 11.5 Å². The van der Waals surface area contributed by atoms with E-state index < -0.39 is 0 Å². The van der Waals surface area contributed by atoms with Crippen molar-refractivity contribution in [1.29, 1.82) is 0 Å². The quantitative estimate of drug-likeness (QED) is 0.852. The number of fused-ring (bicyclic) bond motifs is 1. The minimum absolute atomic E-state index is 0.0466. The van der Waals surface area contributed by atoms with Gasteiger partial charge in [-0.15, -0.1) is 11.3 Å². The zero-order valence-electron chi connectivity index (χ0n) is 13.3. The van der Waals surface area contributed by atoms with E-state index >= 15 is 0 Å². The molecule has 0 spiro atoms. The number of carbonyl (C=O) groups is 1. The number of amides is 1. The van der Waals surface area contributed by atoms with Crippen LogP contribution in [-0.4, -0.2) is 62.1 Å². The van der Waals surface area contributed by atoms with E-state index in [0.717, 1.165) is 19.6 Å². The zero-order valence-corrected chi connectivity index (χ0v) is 14.2. The van der Waals surface area contributed by atoms with Gasteiger partial charge in [-0.1, -0.05) is 6.92 Å². The molecule has 3 rings (SSSR count). The van der Waals surface area contributed by atoms with Crippen LogP contribution in [0.15, 0.2) is 5.38 Å². The molecule has 3 heterocycles. The van der Waals surface area contributed by atoms with Crippen molar-refractivity contribution in [2.24, 2.45) is 5.92 Å². The average molecular weight is 324 g/mol. The van der Waals surface area contributed by atoms with E-state index in [1.807, 2.05) is 17.3 Å². The second-order valence-electron chi connectivity index (χ2n) is 6.04. The molecular formula is C16H24N2O3S. The van der Waals surface area contributed by atoms with Gasteiger partial charge in [0.05, 0.1) is 0 Å². The molecule has 0 aromatic carbocycles. The molecule has 22 heavy (non-hydrogen) atoms. The Morgan fingerprint density at radius 1 is 1.45 bits per heavy atom. The Morgan fingerprint density at radius 3 is 3.09 bits per heavy atom. The molecule has 0 N–H and O–H groups in total. The van der Waals surface area contributed by atoms with Crippen molar-refractivity contribution in [1.82, 2.24) is 9.80 Å². The molecule has 1 saturated heterocycles. The summed E-state index contributed by atoms with van der Waals surface area (Å²) in [6, 6.07) is 0. The number of nitrogens with zero attached hydrogens (tertiary/aromatic N) is 2.